The van der Waals surface area contributed by atoms with Crippen molar-refractivity contribution in [2.75, 3.05) is 0 Å². The van der Waals surface area contributed by atoms with Crippen LogP contribution >= 0.6 is 0 Å². The summed E-state index contributed by atoms with van der Waals surface area (Å²) < 4.78 is 0. The number of aromatic carboxylic acids is 2. The van der Waals surface area contributed by atoms with Crippen LogP contribution in [0, 0.1) is 0 Å². The molecule has 4 N–H and O–H groups in total. The van der Waals surface area contributed by atoms with E-state index in [2.05, 4.69) is 6.92 Å². The van der Waals surface area contributed by atoms with Crippen molar-refractivity contribution in [2.24, 2.45) is 0 Å². The summed E-state index contributed by atoms with van der Waals surface area (Å²) in [7, 11) is 0. The second-order valence-corrected chi connectivity index (χ2v) is 7.49. The fraction of sp³-hybridized carbons (Fsp3) is 0.103. The average molecular weight is 473 g/mol. The summed E-state index contributed by atoms with van der Waals surface area (Å²) in [6.45, 7) is 2.13. The van der Waals surface area contributed by atoms with E-state index < -0.39 is 11.9 Å². The van der Waals surface area contributed by atoms with E-state index in [0.717, 1.165) is 6.42 Å². The van der Waals surface area contributed by atoms with Crippen LogP contribution in [0.25, 0.3) is 0 Å². The van der Waals surface area contributed by atoms with E-state index in [-0.39, 0.29) is 11.5 Å². The third-order valence-corrected chi connectivity index (χ3v) is 5.04. The minimum absolute atomic E-state index is 0.286. The van der Waals surface area contributed by atoms with E-state index in [1.54, 1.807) is 84.9 Å². The van der Waals surface area contributed by atoms with E-state index in [1.807, 2.05) is 24.3 Å². The minimum atomic E-state index is -0.879. The first-order valence-corrected chi connectivity index (χ1v) is 11.0. The van der Waals surface area contributed by atoms with Crippen molar-refractivity contribution in [3.63, 3.8) is 0 Å². The van der Waals surface area contributed by atoms with Crippen molar-refractivity contribution in [3.05, 3.63) is 131 Å². The van der Waals surface area contributed by atoms with Gasteiger partial charge in [-0.15, -0.1) is 0 Å². The molecule has 35 heavy (non-hydrogen) atoms. The molecule has 6 nitrogen and oxygen atoms in total. The molecule has 6 heteroatoms. The number of hydrogen-bond acceptors (Lipinski definition) is 4. The molecule has 0 amide bonds. The molecule has 0 unspecified atom stereocenters. The van der Waals surface area contributed by atoms with Gasteiger partial charge in [-0.1, -0.05) is 67.6 Å². The maximum atomic E-state index is 10.2. The monoisotopic (exact) mass is 472 g/mol. The second-order valence-electron chi connectivity index (χ2n) is 7.49. The molecular formula is C29H28O6. The van der Waals surface area contributed by atoms with Crippen LogP contribution in [0.3, 0.4) is 0 Å². The second kappa shape index (κ2) is 13.9. The van der Waals surface area contributed by atoms with Crippen LogP contribution in [0.2, 0.25) is 0 Å². The van der Waals surface area contributed by atoms with Crippen molar-refractivity contribution in [2.45, 2.75) is 19.3 Å². The minimum Gasteiger partial charge on any atom is -0.508 e. The van der Waals surface area contributed by atoms with Gasteiger partial charge in [-0.2, -0.15) is 0 Å². The van der Waals surface area contributed by atoms with Crippen molar-refractivity contribution in [3.8, 4) is 11.5 Å². The number of aromatic hydroxyl groups is 2. The number of phenols is 2. The SMILES string of the molecule is CCC(c1ccc(O)cc1)c1ccc(O)cc1.O=C(O)c1ccccc1.O=C(O)c1ccccc1. The third-order valence-electron chi connectivity index (χ3n) is 5.04. The Morgan fingerprint density at radius 2 is 0.886 bits per heavy atom. The fourth-order valence-corrected chi connectivity index (χ4v) is 3.24. The molecule has 0 saturated carbocycles. The Hall–Kier alpha value is -4.58. The number of phenolic OH excluding ortho intramolecular Hbond substituents is 2. The molecule has 0 aliphatic carbocycles. The Balaban J connectivity index is 0.000000203. The van der Waals surface area contributed by atoms with Crippen molar-refractivity contribution in [1.82, 2.24) is 0 Å². The molecule has 4 rings (SSSR count). The van der Waals surface area contributed by atoms with Gasteiger partial charge in [-0.05, 0) is 66.1 Å². The van der Waals surface area contributed by atoms with Gasteiger partial charge in [0.1, 0.15) is 11.5 Å². The quantitative estimate of drug-likeness (QED) is 0.267. The van der Waals surface area contributed by atoms with Crippen LogP contribution in [0.4, 0.5) is 0 Å². The number of rotatable bonds is 5. The highest BCUT2D eigenvalue weighted by Crippen LogP contribution is 2.29. The molecule has 0 aromatic heterocycles. The Morgan fingerprint density at radius 1 is 0.571 bits per heavy atom. The molecule has 4 aromatic rings. The molecule has 180 valence electrons. The first-order chi connectivity index (χ1) is 16.8. The van der Waals surface area contributed by atoms with E-state index in [1.165, 1.54) is 11.1 Å². The molecule has 0 aliphatic rings. The normalized spacial score (nSPS) is 9.77. The molecule has 0 heterocycles. The van der Waals surface area contributed by atoms with E-state index >= 15 is 0 Å². The molecule has 0 fully saturated rings. The zero-order chi connectivity index (χ0) is 25.6. The van der Waals surface area contributed by atoms with Crippen molar-refractivity contribution < 1.29 is 30.0 Å². The highest BCUT2D eigenvalue weighted by Gasteiger charge is 2.11. The van der Waals surface area contributed by atoms with E-state index in [0.29, 0.717) is 17.0 Å². The lowest BCUT2D eigenvalue weighted by Gasteiger charge is -2.16. The van der Waals surface area contributed by atoms with Crippen LogP contribution in [-0.2, 0) is 0 Å². The zero-order valence-electron chi connectivity index (χ0n) is 19.3. The summed E-state index contributed by atoms with van der Waals surface area (Å²) in [6, 6.07) is 31.2. The first kappa shape index (κ1) is 26.7. The molecule has 0 bridgehead atoms. The molecular weight excluding hydrogens is 444 g/mol. The average Bonchev–Trinajstić information content (AvgIpc) is 2.88. The molecule has 0 atom stereocenters. The molecule has 0 saturated heterocycles. The number of carboxylic acids is 2. The van der Waals surface area contributed by atoms with Gasteiger partial charge < -0.3 is 20.4 Å². The van der Waals surface area contributed by atoms with Crippen LogP contribution in [0.1, 0.15) is 51.1 Å². The lowest BCUT2D eigenvalue weighted by Crippen LogP contribution is -1.98. The predicted molar refractivity (Wildman–Crippen MR) is 135 cm³/mol. The van der Waals surface area contributed by atoms with Crippen molar-refractivity contribution in [1.29, 1.82) is 0 Å². The van der Waals surface area contributed by atoms with E-state index in [9.17, 15) is 19.8 Å². The van der Waals surface area contributed by atoms with Gasteiger partial charge in [0.2, 0.25) is 0 Å². The van der Waals surface area contributed by atoms with Crippen LogP contribution < -0.4 is 0 Å². The molecule has 4 aromatic carbocycles. The molecule has 0 spiro atoms. The summed E-state index contributed by atoms with van der Waals surface area (Å²) in [4.78, 5) is 20.4. The number of hydrogen-bond donors (Lipinski definition) is 4. The van der Waals surface area contributed by atoms with Gasteiger partial charge in [-0.25, -0.2) is 9.59 Å². The van der Waals surface area contributed by atoms with Crippen molar-refractivity contribution >= 4 is 11.9 Å². The first-order valence-electron chi connectivity index (χ1n) is 11.0. The van der Waals surface area contributed by atoms with E-state index in [4.69, 9.17) is 10.2 Å². The Morgan fingerprint density at radius 3 is 1.11 bits per heavy atom. The third kappa shape index (κ3) is 9.06. The lowest BCUT2D eigenvalue weighted by atomic mass is 9.89. The maximum Gasteiger partial charge on any atom is 0.335 e. The summed E-state index contributed by atoms with van der Waals surface area (Å²) in [5, 5.41) is 35.3. The predicted octanol–water partition coefficient (Wildman–Crippen LogP) is 6.41. The Labute approximate surface area is 204 Å². The topological polar surface area (TPSA) is 115 Å². The van der Waals surface area contributed by atoms with Gasteiger partial charge in [-0.3, -0.25) is 0 Å². The highest BCUT2D eigenvalue weighted by atomic mass is 16.4. The standard InChI is InChI=1S/C15H16O2.2C7H6O2/c1-2-15(11-3-7-13(16)8-4-11)12-5-9-14(17)10-6-12;2*8-7(9)6-4-2-1-3-5-6/h3-10,15-17H,2H2,1H3;2*1-5H,(H,8,9). The zero-order valence-corrected chi connectivity index (χ0v) is 19.3. The summed E-state index contributed by atoms with van der Waals surface area (Å²) in [5.41, 5.74) is 3.02. The van der Waals surface area contributed by atoms with Crippen LogP contribution in [0.5, 0.6) is 11.5 Å². The molecule has 0 aliphatic heterocycles. The van der Waals surface area contributed by atoms with Crippen LogP contribution in [-0.4, -0.2) is 32.4 Å². The van der Waals surface area contributed by atoms with Gasteiger partial charge >= 0.3 is 11.9 Å². The molecule has 0 radical (unpaired) electrons. The maximum absolute atomic E-state index is 10.2. The Kier molecular flexibility index (Phi) is 10.6. The van der Waals surface area contributed by atoms with Gasteiger partial charge in [0, 0.05) is 5.92 Å². The number of carbonyl (C=O) groups is 2. The van der Waals surface area contributed by atoms with Gasteiger partial charge in [0.15, 0.2) is 0 Å². The lowest BCUT2D eigenvalue weighted by molar-refractivity contribution is 0.0686. The van der Waals surface area contributed by atoms with Gasteiger partial charge in [0.25, 0.3) is 0 Å². The largest absolute Gasteiger partial charge is 0.508 e. The number of carboxylic acid groups (broad SMARTS) is 2. The van der Waals surface area contributed by atoms with Gasteiger partial charge in [0.05, 0.1) is 11.1 Å². The van der Waals surface area contributed by atoms with Crippen LogP contribution in [0.15, 0.2) is 109 Å². The number of benzene rings is 4. The smallest absolute Gasteiger partial charge is 0.335 e. The summed E-state index contributed by atoms with van der Waals surface area (Å²) in [6.07, 6.45) is 0.982. The Bertz CT molecular complexity index is 1080. The fourth-order valence-electron chi connectivity index (χ4n) is 3.24. The highest BCUT2D eigenvalue weighted by molar-refractivity contribution is 5.87. The summed E-state index contributed by atoms with van der Waals surface area (Å²) >= 11 is 0. The summed E-state index contributed by atoms with van der Waals surface area (Å²) in [5.74, 6) is -0.883.